The smallest absolute Gasteiger partial charge is 0.191 e. The van der Waals surface area contributed by atoms with Crippen molar-refractivity contribution in [2.24, 2.45) is 17.1 Å². The third-order valence-electron chi connectivity index (χ3n) is 5.05. The Morgan fingerprint density at radius 3 is 2.60 bits per heavy atom. The number of likely N-dealkylation sites (N-methyl/N-ethyl adjacent to an activating group) is 1. The molecule has 0 unspecified atom stereocenters. The molecule has 0 bridgehead atoms. The molecule has 1 heterocycles. The van der Waals surface area contributed by atoms with Gasteiger partial charge in [-0.2, -0.15) is 15.8 Å². The Kier molecular flexibility index (Phi) is 4.27. The second kappa shape index (κ2) is 6.26. The van der Waals surface area contributed by atoms with Gasteiger partial charge in [0.2, 0.25) is 0 Å². The van der Waals surface area contributed by atoms with Crippen molar-refractivity contribution in [1.82, 2.24) is 4.90 Å². The summed E-state index contributed by atoms with van der Waals surface area (Å²) in [5, 5.41) is 30.0. The van der Waals surface area contributed by atoms with Crippen molar-refractivity contribution in [2.75, 3.05) is 20.1 Å². The zero-order chi connectivity index (χ0) is 18.2. The highest BCUT2D eigenvalue weighted by Crippen LogP contribution is 2.54. The Morgan fingerprint density at radius 1 is 1.28 bits per heavy atom. The lowest BCUT2D eigenvalue weighted by Crippen LogP contribution is -2.47. The van der Waals surface area contributed by atoms with Crippen molar-refractivity contribution in [1.29, 1.82) is 15.8 Å². The molecule has 2 aliphatic rings. The van der Waals surface area contributed by atoms with Gasteiger partial charge in [0, 0.05) is 29.9 Å². The summed E-state index contributed by atoms with van der Waals surface area (Å²) < 4.78 is 0. The van der Waals surface area contributed by atoms with Gasteiger partial charge in [-0.05, 0) is 30.3 Å². The van der Waals surface area contributed by atoms with E-state index in [9.17, 15) is 15.8 Å². The molecule has 0 saturated carbocycles. The summed E-state index contributed by atoms with van der Waals surface area (Å²) in [6, 6.07) is 13.5. The largest absolute Gasteiger partial charge is 0.399 e. The van der Waals surface area contributed by atoms with Crippen LogP contribution < -0.4 is 5.73 Å². The monoisotopic (exact) mass is 349 g/mol. The molecule has 2 atom stereocenters. The number of halogens is 1. The number of rotatable bonds is 1. The summed E-state index contributed by atoms with van der Waals surface area (Å²) >= 11 is 6.15. The Balaban J connectivity index is 2.34. The first-order valence-corrected chi connectivity index (χ1v) is 8.23. The van der Waals surface area contributed by atoms with E-state index in [0.717, 1.165) is 11.1 Å². The van der Waals surface area contributed by atoms with Crippen LogP contribution in [0.15, 0.2) is 47.2 Å². The number of hydrogen-bond acceptors (Lipinski definition) is 5. The number of benzene rings is 1. The fraction of sp³-hybridized carbons (Fsp3) is 0.316. The van der Waals surface area contributed by atoms with E-state index in [1.807, 2.05) is 19.2 Å². The molecule has 0 fully saturated rings. The number of nitrogens with two attached hydrogens (primary N) is 1. The minimum Gasteiger partial charge on any atom is -0.399 e. The van der Waals surface area contributed by atoms with Crippen LogP contribution in [-0.2, 0) is 0 Å². The molecule has 0 aromatic heterocycles. The molecule has 1 aromatic carbocycles. The van der Waals surface area contributed by atoms with Gasteiger partial charge < -0.3 is 10.6 Å². The summed E-state index contributed by atoms with van der Waals surface area (Å²) in [6.45, 7) is 1.32. The van der Waals surface area contributed by atoms with E-state index in [4.69, 9.17) is 17.3 Å². The molecule has 0 saturated heterocycles. The molecule has 0 radical (unpaired) electrons. The second-order valence-corrected chi connectivity index (χ2v) is 6.89. The maximum absolute atomic E-state index is 9.92. The van der Waals surface area contributed by atoms with Crippen LogP contribution in [0.5, 0.6) is 0 Å². The van der Waals surface area contributed by atoms with Crippen LogP contribution in [0.4, 0.5) is 0 Å². The van der Waals surface area contributed by atoms with E-state index in [1.165, 1.54) is 0 Å². The number of nitrogens with zero attached hydrogens (tertiary/aromatic N) is 4. The normalized spacial score (nSPS) is 25.2. The van der Waals surface area contributed by atoms with Crippen molar-refractivity contribution in [2.45, 2.75) is 5.92 Å². The van der Waals surface area contributed by atoms with Crippen molar-refractivity contribution in [3.63, 3.8) is 0 Å². The molecule has 0 spiro atoms. The first-order valence-electron chi connectivity index (χ1n) is 7.85. The summed E-state index contributed by atoms with van der Waals surface area (Å²) in [4.78, 5) is 2.10. The quantitative estimate of drug-likeness (QED) is 0.840. The number of allylic oxidation sites excluding steroid dienone is 2. The van der Waals surface area contributed by atoms with E-state index < -0.39 is 11.3 Å². The molecule has 0 amide bonds. The zero-order valence-electron chi connectivity index (χ0n) is 13.7. The first-order chi connectivity index (χ1) is 12.0. The highest BCUT2D eigenvalue weighted by atomic mass is 35.5. The SMILES string of the molecule is CN1CC=C2C(C#N)=C(N)C(C#N)(C#N)[C@@H](c3cccc(Cl)c3)[C@H]2C1. The molecule has 6 heteroatoms. The highest BCUT2D eigenvalue weighted by Gasteiger charge is 2.54. The topological polar surface area (TPSA) is 101 Å². The lowest BCUT2D eigenvalue weighted by Gasteiger charge is -2.45. The zero-order valence-corrected chi connectivity index (χ0v) is 14.5. The summed E-state index contributed by atoms with van der Waals surface area (Å²) in [5.41, 5.74) is 6.53. The van der Waals surface area contributed by atoms with Crippen molar-refractivity contribution >= 4 is 11.6 Å². The molecular weight excluding hydrogens is 334 g/mol. The fourth-order valence-corrected chi connectivity index (χ4v) is 4.10. The maximum Gasteiger partial charge on any atom is 0.191 e. The summed E-state index contributed by atoms with van der Waals surface area (Å²) in [6.07, 6.45) is 1.97. The molecule has 1 aliphatic heterocycles. The van der Waals surface area contributed by atoms with Crippen LogP contribution in [0.1, 0.15) is 11.5 Å². The van der Waals surface area contributed by atoms with Crippen LogP contribution in [0.3, 0.4) is 0 Å². The summed E-state index contributed by atoms with van der Waals surface area (Å²) in [7, 11) is 1.97. The van der Waals surface area contributed by atoms with Crippen LogP contribution >= 0.6 is 11.6 Å². The van der Waals surface area contributed by atoms with E-state index in [2.05, 4.69) is 23.1 Å². The molecule has 5 nitrogen and oxygen atoms in total. The van der Waals surface area contributed by atoms with Gasteiger partial charge in [-0.25, -0.2) is 0 Å². The Morgan fingerprint density at radius 2 is 2.00 bits per heavy atom. The molecule has 124 valence electrons. The van der Waals surface area contributed by atoms with Gasteiger partial charge >= 0.3 is 0 Å². The highest BCUT2D eigenvalue weighted by molar-refractivity contribution is 6.30. The van der Waals surface area contributed by atoms with Crippen molar-refractivity contribution < 1.29 is 0 Å². The van der Waals surface area contributed by atoms with Gasteiger partial charge in [-0.15, -0.1) is 0 Å². The van der Waals surface area contributed by atoms with E-state index in [-0.39, 0.29) is 17.2 Å². The molecule has 2 N–H and O–H groups in total. The standard InChI is InChI=1S/C19H16ClN5/c1-25-6-5-14-15(8-21)18(24)19(10-22,11-23)17(16(14)9-25)12-3-2-4-13(20)7-12/h2-5,7,16-17H,6,9,24H2,1H3/t16-,17-/m0/s1. The Bertz CT molecular complexity index is 895. The average molecular weight is 350 g/mol. The lowest BCUT2D eigenvalue weighted by molar-refractivity contribution is 0.237. The number of hydrogen-bond donors (Lipinski definition) is 1. The van der Waals surface area contributed by atoms with Crippen LogP contribution in [0, 0.1) is 45.3 Å². The fourth-order valence-electron chi connectivity index (χ4n) is 3.90. The number of nitriles is 3. The summed E-state index contributed by atoms with van der Waals surface area (Å²) in [5.74, 6) is -0.675. The predicted molar refractivity (Wildman–Crippen MR) is 93.7 cm³/mol. The average Bonchev–Trinajstić information content (AvgIpc) is 2.61. The third kappa shape index (κ3) is 2.48. The lowest BCUT2D eigenvalue weighted by atomic mass is 9.58. The van der Waals surface area contributed by atoms with Gasteiger partial charge in [0.15, 0.2) is 5.41 Å². The molecule has 1 aliphatic carbocycles. The van der Waals surface area contributed by atoms with E-state index in [0.29, 0.717) is 18.1 Å². The van der Waals surface area contributed by atoms with E-state index >= 15 is 0 Å². The van der Waals surface area contributed by atoms with Gasteiger partial charge in [0.25, 0.3) is 0 Å². The third-order valence-corrected chi connectivity index (χ3v) is 5.29. The number of fused-ring (bicyclic) bond motifs is 1. The minimum atomic E-state index is -1.60. The van der Waals surface area contributed by atoms with Crippen molar-refractivity contribution in [3.05, 3.63) is 57.8 Å². The van der Waals surface area contributed by atoms with Crippen LogP contribution in [0.25, 0.3) is 0 Å². The van der Waals surface area contributed by atoms with Gasteiger partial charge in [0.1, 0.15) is 6.07 Å². The van der Waals surface area contributed by atoms with Gasteiger partial charge in [0.05, 0.1) is 23.4 Å². The van der Waals surface area contributed by atoms with Crippen LogP contribution in [-0.4, -0.2) is 25.0 Å². The second-order valence-electron chi connectivity index (χ2n) is 6.45. The minimum absolute atomic E-state index is 0.0389. The van der Waals surface area contributed by atoms with Gasteiger partial charge in [-0.1, -0.05) is 29.8 Å². The van der Waals surface area contributed by atoms with Crippen molar-refractivity contribution in [3.8, 4) is 18.2 Å². The maximum atomic E-state index is 9.92. The Hall–Kier alpha value is -2.78. The molecular formula is C19H16ClN5. The van der Waals surface area contributed by atoms with Crippen LogP contribution in [0.2, 0.25) is 5.02 Å². The van der Waals surface area contributed by atoms with E-state index in [1.54, 1.807) is 18.2 Å². The molecule has 3 rings (SSSR count). The van der Waals surface area contributed by atoms with Gasteiger partial charge in [-0.3, -0.25) is 0 Å². The Labute approximate surface area is 151 Å². The first kappa shape index (κ1) is 17.1. The molecule has 25 heavy (non-hydrogen) atoms. The predicted octanol–water partition coefficient (Wildman–Crippen LogP) is 2.70. The molecule has 1 aromatic rings.